The van der Waals surface area contributed by atoms with E-state index in [0.717, 1.165) is 12.1 Å². The highest BCUT2D eigenvalue weighted by molar-refractivity contribution is 6.08. The van der Waals surface area contributed by atoms with Gasteiger partial charge in [-0.3, -0.25) is 9.59 Å². The summed E-state index contributed by atoms with van der Waals surface area (Å²) in [5.41, 5.74) is -0.298. The van der Waals surface area contributed by atoms with E-state index in [2.05, 4.69) is 0 Å². The summed E-state index contributed by atoms with van der Waals surface area (Å²) in [7, 11) is 0. The fraction of sp³-hybridized carbons (Fsp3) is 0.429. The summed E-state index contributed by atoms with van der Waals surface area (Å²) in [5, 5.41) is 0. The maximum Gasteiger partial charge on any atom is 0.317 e. The molecule has 0 bridgehead atoms. The van der Waals surface area contributed by atoms with Crippen LogP contribution in [-0.4, -0.2) is 18.4 Å². The van der Waals surface area contributed by atoms with Crippen molar-refractivity contribution < 1.29 is 23.1 Å². The summed E-state index contributed by atoms with van der Waals surface area (Å²) in [6.07, 6.45) is 0. The molecule has 1 aromatic carbocycles. The van der Waals surface area contributed by atoms with Gasteiger partial charge in [0.2, 0.25) is 0 Å². The number of hydrogen-bond donors (Lipinski definition) is 0. The van der Waals surface area contributed by atoms with Crippen LogP contribution in [0.2, 0.25) is 0 Å². The third-order valence-corrected chi connectivity index (χ3v) is 2.69. The first-order valence-corrected chi connectivity index (χ1v) is 6.04. The molecular formula is C14H16F2O3. The van der Waals surface area contributed by atoms with Gasteiger partial charge in [-0.05, 0) is 25.0 Å². The highest BCUT2D eigenvalue weighted by Gasteiger charge is 2.33. The number of esters is 1. The number of carbonyl (C=O) groups is 2. The molecule has 0 spiro atoms. The molecule has 0 amide bonds. The van der Waals surface area contributed by atoms with E-state index in [9.17, 15) is 18.4 Å². The minimum Gasteiger partial charge on any atom is -0.465 e. The zero-order chi connectivity index (χ0) is 14.6. The Balaban J connectivity index is 3.09. The number of ketones is 1. The number of halogens is 2. The lowest BCUT2D eigenvalue weighted by Crippen LogP contribution is -2.31. The highest BCUT2D eigenvalue weighted by Crippen LogP contribution is 2.21. The van der Waals surface area contributed by atoms with Crippen molar-refractivity contribution in [2.75, 3.05) is 6.61 Å². The molecule has 0 aliphatic heterocycles. The van der Waals surface area contributed by atoms with Crippen molar-refractivity contribution in [3.8, 4) is 0 Å². The van der Waals surface area contributed by atoms with Crippen LogP contribution in [-0.2, 0) is 9.53 Å². The van der Waals surface area contributed by atoms with Gasteiger partial charge in [0.1, 0.15) is 17.6 Å². The van der Waals surface area contributed by atoms with Gasteiger partial charge in [0.15, 0.2) is 5.78 Å². The van der Waals surface area contributed by atoms with Crippen LogP contribution >= 0.6 is 0 Å². The quantitative estimate of drug-likeness (QED) is 0.469. The molecule has 104 valence electrons. The molecule has 0 saturated heterocycles. The minimum atomic E-state index is -1.08. The van der Waals surface area contributed by atoms with Gasteiger partial charge in [-0.15, -0.1) is 0 Å². The van der Waals surface area contributed by atoms with Crippen LogP contribution in [0.3, 0.4) is 0 Å². The molecule has 0 heterocycles. The van der Waals surface area contributed by atoms with Crippen LogP contribution in [0.4, 0.5) is 8.78 Å². The molecule has 0 N–H and O–H groups in total. The molecule has 0 aliphatic carbocycles. The molecule has 5 heteroatoms. The van der Waals surface area contributed by atoms with Crippen LogP contribution in [0.5, 0.6) is 0 Å². The van der Waals surface area contributed by atoms with E-state index in [1.807, 2.05) is 0 Å². The second kappa shape index (κ2) is 6.41. The van der Waals surface area contributed by atoms with E-state index in [-0.39, 0.29) is 18.1 Å². The molecule has 19 heavy (non-hydrogen) atoms. The third kappa shape index (κ3) is 3.59. The number of benzene rings is 1. The molecule has 1 unspecified atom stereocenters. The van der Waals surface area contributed by atoms with Crippen LogP contribution in [0, 0.1) is 23.5 Å². The van der Waals surface area contributed by atoms with Gasteiger partial charge in [0, 0.05) is 6.07 Å². The summed E-state index contributed by atoms with van der Waals surface area (Å²) in [6, 6.07) is 2.65. The maximum absolute atomic E-state index is 13.6. The summed E-state index contributed by atoms with van der Waals surface area (Å²) < 4.78 is 31.2. The molecule has 0 fully saturated rings. The lowest BCUT2D eigenvalue weighted by molar-refractivity contribution is -0.147. The van der Waals surface area contributed by atoms with Crippen LogP contribution < -0.4 is 0 Å². The largest absolute Gasteiger partial charge is 0.465 e. The molecule has 0 aromatic heterocycles. The first-order chi connectivity index (χ1) is 8.88. The van der Waals surface area contributed by atoms with Crippen molar-refractivity contribution in [2.24, 2.45) is 11.8 Å². The third-order valence-electron chi connectivity index (χ3n) is 2.69. The van der Waals surface area contributed by atoms with Crippen molar-refractivity contribution in [1.29, 1.82) is 0 Å². The van der Waals surface area contributed by atoms with Crippen LogP contribution in [0.1, 0.15) is 31.1 Å². The van der Waals surface area contributed by atoms with Crippen molar-refractivity contribution in [2.45, 2.75) is 20.8 Å². The van der Waals surface area contributed by atoms with Crippen molar-refractivity contribution in [3.05, 3.63) is 35.4 Å². The monoisotopic (exact) mass is 270 g/mol. The molecule has 1 rings (SSSR count). The van der Waals surface area contributed by atoms with Gasteiger partial charge in [-0.2, -0.15) is 0 Å². The minimum absolute atomic E-state index is 0.140. The first kappa shape index (κ1) is 15.3. The second-order valence-corrected chi connectivity index (χ2v) is 4.46. The zero-order valence-electron chi connectivity index (χ0n) is 11.1. The van der Waals surface area contributed by atoms with Gasteiger partial charge in [-0.25, -0.2) is 8.78 Å². The van der Waals surface area contributed by atoms with E-state index in [4.69, 9.17) is 4.74 Å². The topological polar surface area (TPSA) is 43.4 Å². The van der Waals surface area contributed by atoms with Crippen molar-refractivity contribution >= 4 is 11.8 Å². The Kier molecular flexibility index (Phi) is 5.15. The summed E-state index contributed by atoms with van der Waals surface area (Å²) in [4.78, 5) is 23.9. The zero-order valence-corrected chi connectivity index (χ0v) is 11.1. The Labute approximate surface area is 110 Å². The molecule has 0 saturated carbocycles. The Bertz CT molecular complexity index is 484. The molecule has 0 aliphatic rings. The Morgan fingerprint density at radius 3 is 2.37 bits per heavy atom. The summed E-state index contributed by atoms with van der Waals surface area (Å²) in [5.74, 6) is -4.54. The average Bonchev–Trinajstić information content (AvgIpc) is 2.28. The van der Waals surface area contributed by atoms with Gasteiger partial charge < -0.3 is 4.74 Å². The summed E-state index contributed by atoms with van der Waals surface area (Å²) >= 11 is 0. The van der Waals surface area contributed by atoms with E-state index in [1.165, 1.54) is 0 Å². The van der Waals surface area contributed by atoms with E-state index in [1.54, 1.807) is 20.8 Å². The van der Waals surface area contributed by atoms with Crippen LogP contribution in [0.15, 0.2) is 18.2 Å². The average molecular weight is 270 g/mol. The molecule has 1 atom stereocenters. The maximum atomic E-state index is 13.6. The number of ether oxygens (including phenoxy) is 1. The highest BCUT2D eigenvalue weighted by atomic mass is 19.1. The lowest BCUT2D eigenvalue weighted by atomic mass is 9.88. The predicted octanol–water partition coefficient (Wildman–Crippen LogP) is 2.98. The van der Waals surface area contributed by atoms with Crippen molar-refractivity contribution in [3.63, 3.8) is 0 Å². The molecule has 3 nitrogen and oxygen atoms in total. The first-order valence-electron chi connectivity index (χ1n) is 6.04. The predicted molar refractivity (Wildman–Crippen MR) is 65.6 cm³/mol. The number of rotatable bonds is 5. The van der Waals surface area contributed by atoms with E-state index < -0.39 is 29.3 Å². The van der Waals surface area contributed by atoms with Crippen LogP contribution in [0.25, 0.3) is 0 Å². The fourth-order valence-corrected chi connectivity index (χ4v) is 1.77. The summed E-state index contributed by atoms with van der Waals surface area (Å²) in [6.45, 7) is 5.10. The van der Waals surface area contributed by atoms with Gasteiger partial charge in [0.25, 0.3) is 0 Å². The number of carbonyl (C=O) groups excluding carboxylic acids is 2. The Morgan fingerprint density at radius 1 is 1.26 bits per heavy atom. The normalized spacial score (nSPS) is 12.3. The van der Waals surface area contributed by atoms with Gasteiger partial charge in [-0.1, -0.05) is 13.8 Å². The van der Waals surface area contributed by atoms with Gasteiger partial charge in [0.05, 0.1) is 12.2 Å². The molecule has 1 aromatic rings. The number of hydrogen-bond acceptors (Lipinski definition) is 3. The van der Waals surface area contributed by atoms with E-state index >= 15 is 0 Å². The van der Waals surface area contributed by atoms with Gasteiger partial charge >= 0.3 is 5.97 Å². The number of Topliss-reactive ketones (excluding diaryl/α,β-unsaturated/α-hetero) is 1. The lowest BCUT2D eigenvalue weighted by Gasteiger charge is -2.18. The molecular weight excluding hydrogens is 254 g/mol. The fourth-order valence-electron chi connectivity index (χ4n) is 1.77. The Hall–Kier alpha value is -1.78. The SMILES string of the molecule is CCOC(=O)C(C(=O)c1ccc(F)cc1F)C(C)C. The Morgan fingerprint density at radius 2 is 1.89 bits per heavy atom. The van der Waals surface area contributed by atoms with E-state index in [0.29, 0.717) is 6.07 Å². The smallest absolute Gasteiger partial charge is 0.317 e. The van der Waals surface area contributed by atoms with Crippen molar-refractivity contribution in [1.82, 2.24) is 0 Å². The standard InChI is InChI=1S/C14H16F2O3/c1-4-19-14(18)12(8(2)3)13(17)10-6-5-9(15)7-11(10)16/h5-8,12H,4H2,1-3H3. The second-order valence-electron chi connectivity index (χ2n) is 4.46. The molecule has 0 radical (unpaired) electrons.